The monoisotopic (exact) mass is 204 g/mol. The molecule has 0 bridgehead atoms. The zero-order valence-electron chi connectivity index (χ0n) is 8.03. The number of nitrogens with zero attached hydrogens (tertiary/aromatic N) is 1. The average Bonchev–Trinajstić information content (AvgIpc) is 2.68. The van der Waals surface area contributed by atoms with Gasteiger partial charge in [-0.3, -0.25) is 5.10 Å². The fourth-order valence-electron chi connectivity index (χ4n) is 1.35. The minimum Gasteiger partial charge on any atom is -0.281 e. The summed E-state index contributed by atoms with van der Waals surface area (Å²) in [6.45, 7) is 0. The molecule has 0 spiro atoms. The van der Waals surface area contributed by atoms with Gasteiger partial charge >= 0.3 is 0 Å². The Morgan fingerprint density at radius 2 is 2.07 bits per heavy atom. The van der Waals surface area contributed by atoms with Gasteiger partial charge in [0.15, 0.2) is 0 Å². The van der Waals surface area contributed by atoms with Crippen molar-refractivity contribution < 1.29 is 0 Å². The molecule has 3 heteroatoms. The van der Waals surface area contributed by atoms with E-state index in [4.69, 9.17) is 0 Å². The van der Waals surface area contributed by atoms with Crippen molar-refractivity contribution in [3.63, 3.8) is 0 Å². The summed E-state index contributed by atoms with van der Waals surface area (Å²) in [7, 11) is 0. The van der Waals surface area contributed by atoms with Gasteiger partial charge in [-0.2, -0.15) is 16.9 Å². The zero-order valence-corrected chi connectivity index (χ0v) is 8.84. The molecule has 0 fully saturated rings. The predicted octanol–water partition coefficient (Wildman–Crippen LogP) is 2.94. The molecule has 2 aromatic rings. The normalized spacial score (nSPS) is 10.4. The molecule has 0 aliphatic heterocycles. The number of thioether (sulfide) groups is 1. The number of H-pyrrole nitrogens is 1. The Kier molecular flexibility index (Phi) is 2.89. The van der Waals surface area contributed by atoms with Gasteiger partial charge in [-0.05, 0) is 12.3 Å². The molecule has 0 unspecified atom stereocenters. The molecular formula is C11H12N2S. The van der Waals surface area contributed by atoms with Gasteiger partial charge in [0.1, 0.15) is 0 Å². The molecule has 2 nitrogen and oxygen atoms in total. The Bertz CT molecular complexity index is 395. The number of benzene rings is 1. The molecule has 1 aromatic carbocycles. The van der Waals surface area contributed by atoms with Crippen molar-refractivity contribution in [3.05, 3.63) is 42.1 Å². The van der Waals surface area contributed by atoms with Crippen LogP contribution in [0.3, 0.4) is 0 Å². The minimum atomic E-state index is 0.986. The third-order valence-corrected chi connectivity index (χ3v) is 2.60. The highest BCUT2D eigenvalue weighted by Gasteiger charge is 2.01. The number of hydrogen-bond donors (Lipinski definition) is 1. The van der Waals surface area contributed by atoms with Crippen molar-refractivity contribution in [3.8, 4) is 11.3 Å². The van der Waals surface area contributed by atoms with Crippen molar-refractivity contribution >= 4 is 11.8 Å². The molecule has 0 amide bonds. The van der Waals surface area contributed by atoms with Crippen LogP contribution in [-0.2, 0) is 5.75 Å². The summed E-state index contributed by atoms with van der Waals surface area (Å²) in [4.78, 5) is 0. The van der Waals surface area contributed by atoms with Crippen molar-refractivity contribution in [2.24, 2.45) is 0 Å². The highest BCUT2D eigenvalue weighted by atomic mass is 32.2. The first-order chi connectivity index (χ1) is 6.90. The highest BCUT2D eigenvalue weighted by molar-refractivity contribution is 7.97. The molecule has 0 saturated carbocycles. The number of nitrogens with one attached hydrogen (secondary N) is 1. The van der Waals surface area contributed by atoms with Crippen LogP contribution in [-0.4, -0.2) is 16.5 Å². The SMILES string of the molecule is CSCc1cc(-c2ccccc2)n[nH]1. The van der Waals surface area contributed by atoms with E-state index in [0.717, 1.165) is 17.0 Å². The smallest absolute Gasteiger partial charge is 0.0923 e. The topological polar surface area (TPSA) is 28.7 Å². The van der Waals surface area contributed by atoms with E-state index in [1.807, 2.05) is 18.2 Å². The number of aromatic nitrogens is 2. The molecule has 0 atom stereocenters. The van der Waals surface area contributed by atoms with Crippen molar-refractivity contribution in [2.75, 3.05) is 6.26 Å². The molecular weight excluding hydrogens is 192 g/mol. The fourth-order valence-corrected chi connectivity index (χ4v) is 1.81. The Hall–Kier alpha value is -1.22. The van der Waals surface area contributed by atoms with Crippen LogP contribution in [0.5, 0.6) is 0 Å². The van der Waals surface area contributed by atoms with E-state index >= 15 is 0 Å². The van der Waals surface area contributed by atoms with Gasteiger partial charge in [-0.15, -0.1) is 0 Å². The molecule has 14 heavy (non-hydrogen) atoms. The first kappa shape index (κ1) is 9.34. The van der Waals surface area contributed by atoms with Gasteiger partial charge in [0, 0.05) is 17.0 Å². The predicted molar refractivity (Wildman–Crippen MR) is 61.2 cm³/mol. The summed E-state index contributed by atoms with van der Waals surface area (Å²) in [5.74, 6) is 0.986. The first-order valence-corrected chi connectivity index (χ1v) is 5.88. The summed E-state index contributed by atoms with van der Waals surface area (Å²) in [6, 6.07) is 12.3. The van der Waals surface area contributed by atoms with Crippen LogP contribution >= 0.6 is 11.8 Å². The second-order valence-corrected chi connectivity index (χ2v) is 3.94. The van der Waals surface area contributed by atoms with Crippen LogP contribution in [0.25, 0.3) is 11.3 Å². The first-order valence-electron chi connectivity index (χ1n) is 4.49. The minimum absolute atomic E-state index is 0.986. The summed E-state index contributed by atoms with van der Waals surface area (Å²) in [5, 5.41) is 7.30. The maximum atomic E-state index is 4.27. The Labute approximate surface area is 87.7 Å². The third kappa shape index (κ3) is 1.99. The summed E-state index contributed by atoms with van der Waals surface area (Å²) >= 11 is 1.79. The highest BCUT2D eigenvalue weighted by Crippen LogP contribution is 2.18. The maximum absolute atomic E-state index is 4.27. The maximum Gasteiger partial charge on any atom is 0.0923 e. The summed E-state index contributed by atoms with van der Waals surface area (Å²) in [6.07, 6.45) is 2.09. The summed E-state index contributed by atoms with van der Waals surface area (Å²) < 4.78 is 0. The van der Waals surface area contributed by atoms with Crippen LogP contribution in [0, 0.1) is 0 Å². The van der Waals surface area contributed by atoms with Gasteiger partial charge in [0.2, 0.25) is 0 Å². The van der Waals surface area contributed by atoms with Crippen molar-refractivity contribution in [2.45, 2.75) is 5.75 Å². The number of aromatic amines is 1. The van der Waals surface area contributed by atoms with Gasteiger partial charge in [-0.25, -0.2) is 0 Å². The number of hydrogen-bond acceptors (Lipinski definition) is 2. The second kappa shape index (κ2) is 4.33. The molecule has 0 saturated heterocycles. The van der Waals surface area contributed by atoms with Crippen molar-refractivity contribution in [1.82, 2.24) is 10.2 Å². The van der Waals surface area contributed by atoms with E-state index in [1.54, 1.807) is 11.8 Å². The van der Waals surface area contributed by atoms with Gasteiger partial charge in [0.05, 0.1) is 5.69 Å². The molecule has 1 heterocycles. The number of rotatable bonds is 3. The average molecular weight is 204 g/mol. The molecule has 1 aromatic heterocycles. The lowest BCUT2D eigenvalue weighted by molar-refractivity contribution is 1.04. The molecule has 1 N–H and O–H groups in total. The van der Waals surface area contributed by atoms with Crippen LogP contribution in [0.4, 0.5) is 0 Å². The van der Waals surface area contributed by atoms with Gasteiger partial charge < -0.3 is 0 Å². The quantitative estimate of drug-likeness (QED) is 0.832. The Balaban J connectivity index is 2.25. The van der Waals surface area contributed by atoms with E-state index in [2.05, 4.69) is 34.7 Å². The van der Waals surface area contributed by atoms with Crippen LogP contribution in [0.2, 0.25) is 0 Å². The standard InChI is InChI=1S/C11H12N2S/c1-14-8-10-7-11(13-12-10)9-5-3-2-4-6-9/h2-7H,8H2,1H3,(H,12,13). The Morgan fingerprint density at radius 3 is 2.79 bits per heavy atom. The zero-order chi connectivity index (χ0) is 9.80. The third-order valence-electron chi connectivity index (χ3n) is 2.00. The van der Waals surface area contributed by atoms with E-state index in [0.29, 0.717) is 0 Å². The molecule has 2 rings (SSSR count). The molecule has 0 aliphatic rings. The lowest BCUT2D eigenvalue weighted by Gasteiger charge is -1.92. The summed E-state index contributed by atoms with van der Waals surface area (Å²) in [5.41, 5.74) is 3.36. The lowest BCUT2D eigenvalue weighted by Crippen LogP contribution is -1.77. The van der Waals surface area contributed by atoms with E-state index in [1.165, 1.54) is 5.69 Å². The molecule has 0 aliphatic carbocycles. The molecule has 0 radical (unpaired) electrons. The van der Waals surface area contributed by atoms with Crippen molar-refractivity contribution in [1.29, 1.82) is 0 Å². The van der Waals surface area contributed by atoms with E-state index < -0.39 is 0 Å². The van der Waals surface area contributed by atoms with Crippen LogP contribution in [0.1, 0.15) is 5.69 Å². The van der Waals surface area contributed by atoms with E-state index in [-0.39, 0.29) is 0 Å². The van der Waals surface area contributed by atoms with Crippen LogP contribution in [0.15, 0.2) is 36.4 Å². The second-order valence-electron chi connectivity index (χ2n) is 3.08. The molecule has 72 valence electrons. The van der Waals surface area contributed by atoms with E-state index in [9.17, 15) is 0 Å². The Morgan fingerprint density at radius 1 is 1.29 bits per heavy atom. The largest absolute Gasteiger partial charge is 0.281 e. The fraction of sp³-hybridized carbons (Fsp3) is 0.182. The van der Waals surface area contributed by atoms with Gasteiger partial charge in [0.25, 0.3) is 0 Å². The van der Waals surface area contributed by atoms with Gasteiger partial charge in [-0.1, -0.05) is 30.3 Å². The van der Waals surface area contributed by atoms with Crippen LogP contribution < -0.4 is 0 Å². The lowest BCUT2D eigenvalue weighted by atomic mass is 10.1.